The standard InChI is InChI=1S/C48H92O6/c1-42(2)34-28-22-16-12-8-7-9-14-18-25-31-37-46(49)52-40-45(54-48(51)39-33-27-21-20-24-30-36-44(5)6)41-53-47(50)38-32-26-19-15-11-10-13-17-23-29-35-43(3)4/h42-45H,7-41H2,1-6H3/t45-/m0/s1. The molecule has 54 heavy (non-hydrogen) atoms. The van der Waals surface area contributed by atoms with Gasteiger partial charge in [-0.3, -0.25) is 14.4 Å². The molecule has 6 heteroatoms. The Hall–Kier alpha value is -1.59. The summed E-state index contributed by atoms with van der Waals surface area (Å²) in [6.45, 7) is 13.6. The summed E-state index contributed by atoms with van der Waals surface area (Å²) in [6.07, 6.45) is 36.7. The number of rotatable bonds is 41. The van der Waals surface area contributed by atoms with Crippen LogP contribution in [-0.4, -0.2) is 37.2 Å². The average molecular weight is 765 g/mol. The fourth-order valence-electron chi connectivity index (χ4n) is 7.06. The van der Waals surface area contributed by atoms with Crippen molar-refractivity contribution in [3.8, 4) is 0 Å². The van der Waals surface area contributed by atoms with E-state index in [2.05, 4.69) is 41.5 Å². The van der Waals surface area contributed by atoms with Gasteiger partial charge in [0.05, 0.1) is 0 Å². The van der Waals surface area contributed by atoms with Crippen LogP contribution in [0.2, 0.25) is 0 Å². The summed E-state index contributed by atoms with van der Waals surface area (Å²) in [7, 11) is 0. The number of unbranched alkanes of at least 4 members (excludes halogenated alkanes) is 24. The monoisotopic (exact) mass is 765 g/mol. The molecule has 0 aromatic heterocycles. The molecule has 0 aliphatic heterocycles. The lowest BCUT2D eigenvalue weighted by molar-refractivity contribution is -0.167. The molecule has 0 saturated heterocycles. The van der Waals surface area contributed by atoms with Gasteiger partial charge in [-0.1, -0.05) is 215 Å². The van der Waals surface area contributed by atoms with Crippen molar-refractivity contribution >= 4 is 17.9 Å². The molecule has 1 atom stereocenters. The van der Waals surface area contributed by atoms with Crippen LogP contribution in [0.1, 0.15) is 253 Å². The lowest BCUT2D eigenvalue weighted by Crippen LogP contribution is -2.30. The summed E-state index contributed by atoms with van der Waals surface area (Å²) in [5.41, 5.74) is 0. The Morgan fingerprint density at radius 3 is 0.796 bits per heavy atom. The minimum Gasteiger partial charge on any atom is -0.462 e. The molecule has 320 valence electrons. The van der Waals surface area contributed by atoms with Gasteiger partial charge in [-0.05, 0) is 37.0 Å². The maximum atomic E-state index is 12.7. The summed E-state index contributed by atoms with van der Waals surface area (Å²) >= 11 is 0. The lowest BCUT2D eigenvalue weighted by Gasteiger charge is -2.18. The third-order valence-electron chi connectivity index (χ3n) is 10.6. The summed E-state index contributed by atoms with van der Waals surface area (Å²) in [5, 5.41) is 0. The molecule has 6 nitrogen and oxygen atoms in total. The number of hydrogen-bond acceptors (Lipinski definition) is 6. The second-order valence-corrected chi connectivity index (χ2v) is 17.8. The summed E-state index contributed by atoms with van der Waals surface area (Å²) < 4.78 is 16.7. The minimum atomic E-state index is -0.762. The molecule has 0 unspecified atom stereocenters. The molecule has 0 bridgehead atoms. The number of hydrogen-bond donors (Lipinski definition) is 0. The van der Waals surface area contributed by atoms with Crippen molar-refractivity contribution in [2.45, 2.75) is 260 Å². The molecular weight excluding hydrogens is 673 g/mol. The van der Waals surface area contributed by atoms with Gasteiger partial charge in [0.25, 0.3) is 0 Å². The van der Waals surface area contributed by atoms with E-state index in [0.29, 0.717) is 19.3 Å². The van der Waals surface area contributed by atoms with Gasteiger partial charge in [-0.2, -0.15) is 0 Å². The highest BCUT2D eigenvalue weighted by molar-refractivity contribution is 5.71. The average Bonchev–Trinajstić information content (AvgIpc) is 3.12. The highest BCUT2D eigenvalue weighted by atomic mass is 16.6. The quantitative estimate of drug-likeness (QED) is 0.0350. The summed E-state index contributed by atoms with van der Waals surface area (Å²) in [4.78, 5) is 37.7. The Balaban J connectivity index is 4.30. The molecule has 0 saturated carbocycles. The molecule has 0 aromatic carbocycles. The minimum absolute atomic E-state index is 0.0666. The molecule has 0 aromatic rings. The smallest absolute Gasteiger partial charge is 0.306 e. The van der Waals surface area contributed by atoms with E-state index in [0.717, 1.165) is 75.5 Å². The first-order chi connectivity index (χ1) is 26.1. The molecule has 0 aliphatic rings. The zero-order chi connectivity index (χ0) is 39.9. The molecule has 0 aliphatic carbocycles. The van der Waals surface area contributed by atoms with E-state index < -0.39 is 6.10 Å². The first kappa shape index (κ1) is 52.4. The first-order valence-electron chi connectivity index (χ1n) is 23.6. The van der Waals surface area contributed by atoms with Crippen molar-refractivity contribution in [2.75, 3.05) is 13.2 Å². The Bertz CT molecular complexity index is 837. The van der Waals surface area contributed by atoms with Crippen LogP contribution in [0.3, 0.4) is 0 Å². The van der Waals surface area contributed by atoms with Gasteiger partial charge in [0, 0.05) is 19.3 Å². The van der Waals surface area contributed by atoms with E-state index in [1.54, 1.807) is 0 Å². The van der Waals surface area contributed by atoms with Gasteiger partial charge in [0.2, 0.25) is 0 Å². The van der Waals surface area contributed by atoms with Gasteiger partial charge in [0.1, 0.15) is 13.2 Å². The van der Waals surface area contributed by atoms with Crippen molar-refractivity contribution < 1.29 is 28.6 Å². The molecule has 0 N–H and O–H groups in total. The first-order valence-corrected chi connectivity index (χ1v) is 23.6. The van der Waals surface area contributed by atoms with Crippen molar-refractivity contribution in [1.82, 2.24) is 0 Å². The topological polar surface area (TPSA) is 78.9 Å². The second-order valence-electron chi connectivity index (χ2n) is 17.8. The van der Waals surface area contributed by atoms with Crippen LogP contribution in [0.5, 0.6) is 0 Å². The highest BCUT2D eigenvalue weighted by Gasteiger charge is 2.19. The predicted molar refractivity (Wildman–Crippen MR) is 229 cm³/mol. The van der Waals surface area contributed by atoms with Crippen LogP contribution >= 0.6 is 0 Å². The van der Waals surface area contributed by atoms with Crippen LogP contribution in [0.4, 0.5) is 0 Å². The molecule has 0 rings (SSSR count). The fraction of sp³-hybridized carbons (Fsp3) is 0.938. The Morgan fingerprint density at radius 2 is 0.537 bits per heavy atom. The van der Waals surface area contributed by atoms with E-state index in [-0.39, 0.29) is 31.1 Å². The maximum Gasteiger partial charge on any atom is 0.306 e. The number of carbonyl (C=O) groups is 3. The fourth-order valence-corrected chi connectivity index (χ4v) is 7.06. The van der Waals surface area contributed by atoms with Gasteiger partial charge in [-0.15, -0.1) is 0 Å². The van der Waals surface area contributed by atoms with E-state index >= 15 is 0 Å². The SMILES string of the molecule is CC(C)CCCCCCCCCCCCCC(=O)OC[C@@H](COC(=O)CCCCCCCCCCCCC(C)C)OC(=O)CCCCCCCCC(C)C. The normalized spacial score (nSPS) is 12.2. The largest absolute Gasteiger partial charge is 0.462 e. The zero-order valence-corrected chi connectivity index (χ0v) is 37.0. The molecule has 0 heterocycles. The van der Waals surface area contributed by atoms with Crippen molar-refractivity contribution in [3.05, 3.63) is 0 Å². The Labute approximate surface area is 336 Å². The number of esters is 3. The Morgan fingerprint density at radius 1 is 0.315 bits per heavy atom. The number of carbonyl (C=O) groups excluding carboxylic acids is 3. The second kappa shape index (κ2) is 39.6. The highest BCUT2D eigenvalue weighted by Crippen LogP contribution is 2.17. The van der Waals surface area contributed by atoms with E-state index in [1.165, 1.54) is 135 Å². The molecule has 0 fully saturated rings. The zero-order valence-electron chi connectivity index (χ0n) is 37.0. The van der Waals surface area contributed by atoms with Crippen molar-refractivity contribution in [3.63, 3.8) is 0 Å². The summed E-state index contributed by atoms with van der Waals surface area (Å²) in [6, 6.07) is 0. The third kappa shape index (κ3) is 41.6. The van der Waals surface area contributed by atoms with E-state index in [4.69, 9.17) is 14.2 Å². The number of ether oxygens (including phenoxy) is 3. The molecule has 0 amide bonds. The van der Waals surface area contributed by atoms with Gasteiger partial charge in [0.15, 0.2) is 6.10 Å². The summed E-state index contributed by atoms with van der Waals surface area (Å²) in [5.74, 6) is 1.54. The van der Waals surface area contributed by atoms with Crippen LogP contribution in [0.15, 0.2) is 0 Å². The van der Waals surface area contributed by atoms with E-state index in [9.17, 15) is 14.4 Å². The van der Waals surface area contributed by atoms with Gasteiger partial charge in [-0.25, -0.2) is 0 Å². The van der Waals surface area contributed by atoms with Crippen molar-refractivity contribution in [1.29, 1.82) is 0 Å². The van der Waals surface area contributed by atoms with Crippen LogP contribution < -0.4 is 0 Å². The van der Waals surface area contributed by atoms with Gasteiger partial charge >= 0.3 is 17.9 Å². The maximum absolute atomic E-state index is 12.7. The molecule has 0 radical (unpaired) electrons. The van der Waals surface area contributed by atoms with E-state index in [1.807, 2.05) is 0 Å². The molecular formula is C48H92O6. The Kier molecular flexibility index (Phi) is 38.5. The molecule has 0 spiro atoms. The lowest BCUT2D eigenvalue weighted by atomic mass is 10.0. The van der Waals surface area contributed by atoms with Gasteiger partial charge < -0.3 is 14.2 Å². The van der Waals surface area contributed by atoms with Crippen molar-refractivity contribution in [2.24, 2.45) is 17.8 Å². The van der Waals surface area contributed by atoms with Crippen LogP contribution in [-0.2, 0) is 28.6 Å². The predicted octanol–water partition coefficient (Wildman–Crippen LogP) is 14.8. The van der Waals surface area contributed by atoms with Crippen LogP contribution in [0.25, 0.3) is 0 Å². The van der Waals surface area contributed by atoms with Crippen LogP contribution in [0, 0.1) is 17.8 Å². The third-order valence-corrected chi connectivity index (χ3v) is 10.6.